The van der Waals surface area contributed by atoms with Crippen molar-refractivity contribution in [2.24, 2.45) is 5.73 Å². The topological polar surface area (TPSA) is 216 Å². The number of aliphatic hydroxyl groups is 1. The van der Waals surface area contributed by atoms with Gasteiger partial charge in [-0.2, -0.15) is 0 Å². The van der Waals surface area contributed by atoms with Crippen molar-refractivity contribution < 1.29 is 62.2 Å². The zero-order chi connectivity index (χ0) is 33.3. The Balaban J connectivity index is 0.000000178. The van der Waals surface area contributed by atoms with Gasteiger partial charge in [0.1, 0.15) is 42.8 Å². The second-order valence-corrected chi connectivity index (χ2v) is 13.6. The first kappa shape index (κ1) is 33.9. The third-order valence-corrected chi connectivity index (χ3v) is 8.26. The van der Waals surface area contributed by atoms with E-state index in [-0.39, 0.29) is 25.4 Å². The van der Waals surface area contributed by atoms with Crippen LogP contribution in [0.3, 0.4) is 0 Å². The number of fused-ring (bicyclic) bond motifs is 6. The zero-order valence-corrected chi connectivity index (χ0v) is 26.7. The van der Waals surface area contributed by atoms with E-state index in [1.54, 1.807) is 27.7 Å². The highest BCUT2D eigenvalue weighted by atomic mass is 16.8. The van der Waals surface area contributed by atoms with Crippen molar-refractivity contribution in [3.8, 4) is 0 Å². The SMILES string of the molecule is CC1(C)OC[C@@H](NC(=O)C(N)=O)C([C@@H]2OC(C)(C)OC2CO)O1.CC1(C)OC[C@@H]2C(O1)[C@@H]1OC(C)(C)OC1[C@H]1NC(=O)C(=O)N21. The van der Waals surface area contributed by atoms with Crippen LogP contribution in [-0.4, -0.2) is 131 Å². The minimum absolute atomic E-state index is 0.106. The van der Waals surface area contributed by atoms with Gasteiger partial charge in [-0.15, -0.1) is 0 Å². The fourth-order valence-electron chi connectivity index (χ4n) is 6.54. The van der Waals surface area contributed by atoms with E-state index in [0.717, 1.165) is 0 Å². The molecule has 0 aliphatic carbocycles. The highest BCUT2D eigenvalue weighted by Crippen LogP contribution is 2.43. The maximum absolute atomic E-state index is 12.2. The number of hydrogen-bond donors (Lipinski definition) is 4. The fraction of sp³-hybridized carbons (Fsp3) is 0.857. The lowest BCUT2D eigenvalue weighted by atomic mass is 9.91. The molecule has 4 amide bonds. The van der Waals surface area contributed by atoms with Crippen molar-refractivity contribution in [2.45, 2.75) is 133 Å². The highest BCUT2D eigenvalue weighted by molar-refractivity contribution is 6.37. The predicted octanol–water partition coefficient (Wildman–Crippen LogP) is -2.05. The minimum Gasteiger partial charge on any atom is -0.394 e. The van der Waals surface area contributed by atoms with Crippen molar-refractivity contribution in [3.05, 3.63) is 0 Å². The second-order valence-electron chi connectivity index (χ2n) is 13.6. The Bertz CT molecular complexity index is 1210. The van der Waals surface area contributed by atoms with Crippen LogP contribution in [0.25, 0.3) is 0 Å². The number of ether oxygens (including phenoxy) is 8. The van der Waals surface area contributed by atoms with Gasteiger partial charge in [0.05, 0.1) is 31.9 Å². The number of carbonyl (C=O) groups excluding carboxylic acids is 4. The van der Waals surface area contributed by atoms with Crippen LogP contribution in [0, 0.1) is 0 Å². The maximum Gasteiger partial charge on any atom is 0.314 e. The molecule has 17 nitrogen and oxygen atoms in total. The van der Waals surface area contributed by atoms with Crippen molar-refractivity contribution in [1.82, 2.24) is 15.5 Å². The van der Waals surface area contributed by atoms with E-state index in [4.69, 9.17) is 43.6 Å². The maximum atomic E-state index is 12.2. The van der Waals surface area contributed by atoms with E-state index < -0.39 is 89.5 Å². The summed E-state index contributed by atoms with van der Waals surface area (Å²) in [4.78, 5) is 48.1. The molecule has 17 heteroatoms. The Morgan fingerprint density at radius 3 is 1.96 bits per heavy atom. The van der Waals surface area contributed by atoms with E-state index in [0.29, 0.717) is 6.61 Å². The molecular formula is C28H44N4O13. The number of nitrogens with two attached hydrogens (primary N) is 1. The van der Waals surface area contributed by atoms with Gasteiger partial charge in [-0.25, -0.2) is 0 Å². The van der Waals surface area contributed by atoms with Crippen LogP contribution < -0.4 is 16.4 Å². The van der Waals surface area contributed by atoms with Gasteiger partial charge in [0.25, 0.3) is 0 Å². The van der Waals surface area contributed by atoms with Gasteiger partial charge >= 0.3 is 23.6 Å². The summed E-state index contributed by atoms with van der Waals surface area (Å²) >= 11 is 0. The molecule has 6 saturated heterocycles. The molecular weight excluding hydrogens is 600 g/mol. The summed E-state index contributed by atoms with van der Waals surface area (Å²) in [7, 11) is 0. The molecule has 6 aliphatic heterocycles. The summed E-state index contributed by atoms with van der Waals surface area (Å²) in [6, 6.07) is -1.04. The summed E-state index contributed by atoms with van der Waals surface area (Å²) in [6.07, 6.45) is -3.71. The van der Waals surface area contributed by atoms with Crippen LogP contribution in [-0.2, 0) is 57.1 Å². The van der Waals surface area contributed by atoms with Crippen molar-refractivity contribution in [2.75, 3.05) is 19.8 Å². The summed E-state index contributed by atoms with van der Waals surface area (Å²) in [5.41, 5.74) is 4.97. The second kappa shape index (κ2) is 11.6. The van der Waals surface area contributed by atoms with Gasteiger partial charge in [-0.3, -0.25) is 19.2 Å². The molecule has 0 spiro atoms. The van der Waals surface area contributed by atoms with Crippen LogP contribution in [0.15, 0.2) is 0 Å². The summed E-state index contributed by atoms with van der Waals surface area (Å²) < 4.78 is 46.5. The average molecular weight is 645 g/mol. The van der Waals surface area contributed by atoms with E-state index in [1.165, 1.54) is 4.90 Å². The molecule has 6 heterocycles. The van der Waals surface area contributed by atoms with Crippen LogP contribution in [0.5, 0.6) is 0 Å². The van der Waals surface area contributed by atoms with Crippen molar-refractivity contribution in [3.63, 3.8) is 0 Å². The molecule has 0 saturated carbocycles. The monoisotopic (exact) mass is 644 g/mol. The normalized spacial score (nSPS) is 40.3. The van der Waals surface area contributed by atoms with Gasteiger partial charge in [-0.05, 0) is 55.4 Å². The first-order chi connectivity index (χ1) is 20.7. The van der Waals surface area contributed by atoms with Crippen LogP contribution >= 0.6 is 0 Å². The number of rotatable bonds is 3. The van der Waals surface area contributed by atoms with Crippen molar-refractivity contribution >= 4 is 23.6 Å². The highest BCUT2D eigenvalue weighted by Gasteiger charge is 2.64. The van der Waals surface area contributed by atoms with Crippen molar-refractivity contribution in [1.29, 1.82) is 0 Å². The number of nitrogens with zero attached hydrogens (tertiary/aromatic N) is 1. The minimum atomic E-state index is -1.10. The number of piperidine rings is 1. The number of hydrogen-bond acceptors (Lipinski definition) is 13. The lowest BCUT2D eigenvalue weighted by Gasteiger charge is -2.51. The third kappa shape index (κ3) is 6.82. The Morgan fingerprint density at radius 1 is 0.800 bits per heavy atom. The number of primary amides is 1. The molecule has 45 heavy (non-hydrogen) atoms. The number of amides is 4. The standard InChI is InChI=1S/C14H24N2O7.C14H20N2O6/c1-13(2)20-6-7(16-12(19)11(15)18)9(22-13)10-8(5-17)21-14(3,4)23-10;1-13(2)19-5-6-7(20-13)8-9(22-14(3,4)21-8)10-15-11(17)12(18)16(6)10/h7-10,17H,5-6H2,1-4H3,(H2,15,18)(H,16,19);6-10H,5H2,1-4H3,(H,15,17)/t7-,8?,9?,10-;6-,7?,8+,9?,10+/m11/s1. The van der Waals surface area contributed by atoms with Crippen LogP contribution in [0.1, 0.15) is 55.4 Å². The molecule has 4 unspecified atom stereocenters. The quantitative estimate of drug-likeness (QED) is 0.244. The van der Waals surface area contributed by atoms with E-state index in [1.807, 2.05) is 27.7 Å². The lowest BCUT2D eigenvalue weighted by molar-refractivity contribution is -0.321. The molecule has 6 aliphatic rings. The number of nitrogens with one attached hydrogen (secondary N) is 2. The van der Waals surface area contributed by atoms with Gasteiger partial charge in [0.2, 0.25) is 0 Å². The van der Waals surface area contributed by atoms with Gasteiger partial charge in [-0.1, -0.05) is 0 Å². The zero-order valence-electron chi connectivity index (χ0n) is 26.7. The Morgan fingerprint density at radius 2 is 1.33 bits per heavy atom. The third-order valence-electron chi connectivity index (χ3n) is 8.26. The molecule has 254 valence electrons. The summed E-state index contributed by atoms with van der Waals surface area (Å²) in [5.74, 6) is -6.60. The smallest absolute Gasteiger partial charge is 0.314 e. The van der Waals surface area contributed by atoms with Gasteiger partial charge in [0.15, 0.2) is 23.1 Å². The first-order valence-corrected chi connectivity index (χ1v) is 14.9. The molecule has 0 radical (unpaired) electrons. The fourth-order valence-corrected chi connectivity index (χ4v) is 6.54. The number of aliphatic hydroxyl groups excluding tert-OH is 1. The average Bonchev–Trinajstić information content (AvgIpc) is 3.53. The van der Waals surface area contributed by atoms with E-state index in [2.05, 4.69) is 10.6 Å². The summed E-state index contributed by atoms with van der Waals surface area (Å²) in [5, 5.41) is 14.7. The Hall–Kier alpha value is -2.48. The molecule has 6 fully saturated rings. The molecule has 9 atom stereocenters. The Kier molecular flexibility index (Phi) is 8.76. The molecule has 0 aromatic rings. The van der Waals surface area contributed by atoms with Gasteiger partial charge < -0.3 is 64.3 Å². The predicted molar refractivity (Wildman–Crippen MR) is 148 cm³/mol. The lowest BCUT2D eigenvalue weighted by Crippen LogP contribution is -2.71. The summed E-state index contributed by atoms with van der Waals surface area (Å²) in [6.45, 7) is 14.3. The largest absolute Gasteiger partial charge is 0.394 e. The molecule has 0 aromatic heterocycles. The number of carbonyl (C=O) groups is 4. The Labute approximate surface area is 260 Å². The van der Waals surface area contributed by atoms with Gasteiger partial charge in [0, 0.05) is 0 Å². The van der Waals surface area contributed by atoms with Crippen LogP contribution in [0.2, 0.25) is 0 Å². The van der Waals surface area contributed by atoms with E-state index in [9.17, 15) is 24.3 Å². The first-order valence-electron chi connectivity index (χ1n) is 14.9. The molecule has 0 bridgehead atoms. The molecule has 6 rings (SSSR count). The van der Waals surface area contributed by atoms with E-state index >= 15 is 0 Å². The molecule has 0 aromatic carbocycles. The molecule has 5 N–H and O–H groups in total. The van der Waals surface area contributed by atoms with Crippen LogP contribution in [0.4, 0.5) is 0 Å².